The van der Waals surface area contributed by atoms with Gasteiger partial charge in [0.1, 0.15) is 19.3 Å². The Morgan fingerprint density at radius 1 is 0.818 bits per heavy atom. The van der Waals surface area contributed by atoms with Crippen LogP contribution in [-0.2, 0) is 9.47 Å². The summed E-state index contributed by atoms with van der Waals surface area (Å²) in [5.41, 5.74) is 0. The highest BCUT2D eigenvalue weighted by atomic mass is 19.4. The quantitative estimate of drug-likeness (QED) is 0.713. The first kappa shape index (κ1) is 19.2. The standard InChI is InChI=1S/C9H7F11O2/c10-5(22-3-7(14,15)16)1-4(21-2-6(11,12)13)8(17,18)9(5,19)20/h4H,1-3H2. The van der Waals surface area contributed by atoms with Crippen LogP contribution in [0.5, 0.6) is 0 Å². The lowest BCUT2D eigenvalue weighted by molar-refractivity contribution is -0.337. The van der Waals surface area contributed by atoms with Gasteiger partial charge in [-0.25, -0.2) is 4.39 Å². The van der Waals surface area contributed by atoms with Gasteiger partial charge in [0.2, 0.25) is 0 Å². The third kappa shape index (κ3) is 3.73. The normalized spacial score (nSPS) is 31.5. The van der Waals surface area contributed by atoms with Crippen LogP contribution < -0.4 is 0 Å². The molecule has 0 N–H and O–H groups in total. The van der Waals surface area contributed by atoms with Crippen LogP contribution in [0.4, 0.5) is 48.3 Å². The largest absolute Gasteiger partial charge is 0.411 e. The van der Waals surface area contributed by atoms with Gasteiger partial charge in [0, 0.05) is 6.42 Å². The van der Waals surface area contributed by atoms with Crippen molar-refractivity contribution in [3.8, 4) is 0 Å². The third-order valence-corrected chi connectivity index (χ3v) is 2.65. The number of halogens is 11. The van der Waals surface area contributed by atoms with Crippen molar-refractivity contribution in [2.75, 3.05) is 13.2 Å². The van der Waals surface area contributed by atoms with E-state index in [9.17, 15) is 48.3 Å². The lowest BCUT2D eigenvalue weighted by Crippen LogP contribution is -2.53. The minimum Gasteiger partial charge on any atom is -0.362 e. The number of alkyl halides is 11. The molecule has 1 fully saturated rings. The summed E-state index contributed by atoms with van der Waals surface area (Å²) in [4.78, 5) is 0. The van der Waals surface area contributed by atoms with Crippen molar-refractivity contribution in [3.63, 3.8) is 0 Å². The Labute approximate surface area is 115 Å². The molecule has 1 rings (SSSR count). The molecule has 0 radical (unpaired) electrons. The lowest BCUT2D eigenvalue weighted by Gasteiger charge is -2.29. The van der Waals surface area contributed by atoms with Crippen LogP contribution in [0, 0.1) is 0 Å². The molecule has 1 aliphatic carbocycles. The molecule has 1 aliphatic rings. The molecular formula is C9H7F11O2. The van der Waals surface area contributed by atoms with E-state index in [1.54, 1.807) is 0 Å². The minimum atomic E-state index is -5.80. The molecule has 0 bridgehead atoms. The van der Waals surface area contributed by atoms with E-state index in [0.29, 0.717) is 0 Å². The second-order valence-corrected chi connectivity index (χ2v) is 4.45. The SMILES string of the molecule is FC(F)(F)COC1CC(F)(OCC(F)(F)F)C(F)(F)C1(F)F. The van der Waals surface area contributed by atoms with E-state index in [-0.39, 0.29) is 0 Å². The summed E-state index contributed by atoms with van der Waals surface area (Å²) >= 11 is 0. The number of ether oxygens (including phenoxy) is 2. The van der Waals surface area contributed by atoms with Gasteiger partial charge < -0.3 is 9.47 Å². The summed E-state index contributed by atoms with van der Waals surface area (Å²) in [6, 6.07) is 0. The Morgan fingerprint density at radius 2 is 1.27 bits per heavy atom. The van der Waals surface area contributed by atoms with Crippen molar-refractivity contribution in [2.45, 2.75) is 42.6 Å². The Balaban J connectivity index is 2.93. The van der Waals surface area contributed by atoms with Crippen molar-refractivity contribution < 1.29 is 57.8 Å². The highest BCUT2D eigenvalue weighted by Crippen LogP contribution is 2.57. The van der Waals surface area contributed by atoms with Crippen LogP contribution in [-0.4, -0.2) is 49.4 Å². The maximum atomic E-state index is 13.7. The zero-order valence-corrected chi connectivity index (χ0v) is 10.2. The van der Waals surface area contributed by atoms with Gasteiger partial charge in [0.25, 0.3) is 5.85 Å². The molecule has 132 valence electrons. The van der Waals surface area contributed by atoms with E-state index >= 15 is 0 Å². The molecule has 0 aromatic heterocycles. The lowest BCUT2D eigenvalue weighted by atomic mass is 10.2. The average molecular weight is 356 g/mol. The molecule has 2 atom stereocenters. The third-order valence-electron chi connectivity index (χ3n) is 2.65. The van der Waals surface area contributed by atoms with E-state index in [2.05, 4.69) is 9.47 Å². The predicted molar refractivity (Wildman–Crippen MR) is 46.2 cm³/mol. The molecule has 0 aromatic rings. The molecule has 0 aromatic carbocycles. The molecule has 2 unspecified atom stereocenters. The first-order chi connectivity index (χ1) is 9.52. The van der Waals surface area contributed by atoms with Gasteiger partial charge >= 0.3 is 24.2 Å². The topological polar surface area (TPSA) is 18.5 Å². The van der Waals surface area contributed by atoms with Crippen molar-refractivity contribution in [2.24, 2.45) is 0 Å². The van der Waals surface area contributed by atoms with Crippen LogP contribution in [0.15, 0.2) is 0 Å². The minimum absolute atomic E-state index is 2.20. The molecule has 0 saturated heterocycles. The summed E-state index contributed by atoms with van der Waals surface area (Å²) in [6.45, 7) is -5.03. The summed E-state index contributed by atoms with van der Waals surface area (Å²) < 4.78 is 144. The van der Waals surface area contributed by atoms with E-state index < -0.39 is 55.8 Å². The summed E-state index contributed by atoms with van der Waals surface area (Å²) in [6.07, 6.45) is -16.0. The van der Waals surface area contributed by atoms with Gasteiger partial charge in [-0.3, -0.25) is 0 Å². The number of rotatable bonds is 4. The smallest absolute Gasteiger partial charge is 0.362 e. The number of hydrogen-bond donors (Lipinski definition) is 0. The fourth-order valence-electron chi connectivity index (χ4n) is 1.65. The Bertz CT molecular complexity index is 401. The molecule has 13 heteroatoms. The van der Waals surface area contributed by atoms with Crippen molar-refractivity contribution >= 4 is 0 Å². The Kier molecular flexibility index (Phi) is 4.67. The zero-order chi connectivity index (χ0) is 17.6. The van der Waals surface area contributed by atoms with E-state index in [1.807, 2.05) is 0 Å². The predicted octanol–water partition coefficient (Wildman–Crippen LogP) is 3.85. The highest BCUT2D eigenvalue weighted by molar-refractivity contribution is 5.10. The van der Waals surface area contributed by atoms with Crippen LogP contribution >= 0.6 is 0 Å². The highest BCUT2D eigenvalue weighted by Gasteiger charge is 2.81. The molecule has 0 amide bonds. The summed E-state index contributed by atoms with van der Waals surface area (Å²) in [5, 5.41) is 0. The van der Waals surface area contributed by atoms with Crippen LogP contribution in [0.1, 0.15) is 6.42 Å². The number of hydrogen-bond acceptors (Lipinski definition) is 2. The fourth-order valence-corrected chi connectivity index (χ4v) is 1.65. The van der Waals surface area contributed by atoms with E-state index in [0.717, 1.165) is 0 Å². The second kappa shape index (κ2) is 5.35. The maximum absolute atomic E-state index is 13.7. The Hall–Kier alpha value is -0.850. The summed E-state index contributed by atoms with van der Waals surface area (Å²) in [7, 11) is 0. The first-order valence-corrected chi connectivity index (χ1v) is 5.35. The van der Waals surface area contributed by atoms with E-state index in [1.165, 1.54) is 0 Å². The van der Waals surface area contributed by atoms with Gasteiger partial charge in [0.05, 0.1) is 0 Å². The van der Waals surface area contributed by atoms with Gasteiger partial charge in [-0.1, -0.05) is 0 Å². The fraction of sp³-hybridized carbons (Fsp3) is 1.00. The molecular weight excluding hydrogens is 349 g/mol. The van der Waals surface area contributed by atoms with Gasteiger partial charge in [-0.2, -0.15) is 43.9 Å². The van der Waals surface area contributed by atoms with Crippen LogP contribution in [0.3, 0.4) is 0 Å². The molecule has 0 heterocycles. The molecule has 22 heavy (non-hydrogen) atoms. The average Bonchev–Trinajstić information content (AvgIpc) is 2.41. The molecule has 0 aliphatic heterocycles. The second-order valence-electron chi connectivity index (χ2n) is 4.45. The van der Waals surface area contributed by atoms with Crippen LogP contribution in [0.25, 0.3) is 0 Å². The monoisotopic (exact) mass is 356 g/mol. The molecule has 0 spiro atoms. The zero-order valence-electron chi connectivity index (χ0n) is 10.2. The summed E-state index contributed by atoms with van der Waals surface area (Å²) in [5.74, 6) is -16.1. The van der Waals surface area contributed by atoms with Crippen molar-refractivity contribution in [3.05, 3.63) is 0 Å². The molecule has 1 saturated carbocycles. The van der Waals surface area contributed by atoms with Gasteiger partial charge in [0.15, 0.2) is 0 Å². The van der Waals surface area contributed by atoms with Crippen LogP contribution in [0.2, 0.25) is 0 Å². The Morgan fingerprint density at radius 3 is 1.68 bits per heavy atom. The van der Waals surface area contributed by atoms with Crippen molar-refractivity contribution in [1.82, 2.24) is 0 Å². The van der Waals surface area contributed by atoms with Crippen molar-refractivity contribution in [1.29, 1.82) is 0 Å². The van der Waals surface area contributed by atoms with Gasteiger partial charge in [-0.05, 0) is 0 Å². The van der Waals surface area contributed by atoms with E-state index in [4.69, 9.17) is 0 Å². The van der Waals surface area contributed by atoms with Gasteiger partial charge in [-0.15, -0.1) is 0 Å². The molecule has 2 nitrogen and oxygen atoms in total. The maximum Gasteiger partial charge on any atom is 0.411 e. The first-order valence-electron chi connectivity index (χ1n) is 5.35.